The Bertz CT molecular complexity index is 1750. The number of thiophene rings is 1. The van der Waals surface area contributed by atoms with Crippen LogP contribution in [0.5, 0.6) is 11.5 Å². The lowest BCUT2D eigenvalue weighted by atomic mass is 10.1. The number of nitriles is 1. The van der Waals surface area contributed by atoms with Crippen molar-refractivity contribution in [3.8, 4) is 17.6 Å². The second-order valence-corrected chi connectivity index (χ2v) is 16.9. The van der Waals surface area contributed by atoms with Gasteiger partial charge in [0.2, 0.25) is 0 Å². The number of guanidine groups is 1. The number of hydrogen-bond acceptors (Lipinski definition) is 9. The highest BCUT2D eigenvalue weighted by Crippen LogP contribution is 2.42. The van der Waals surface area contributed by atoms with Crippen molar-refractivity contribution in [2.75, 3.05) is 71.8 Å². The van der Waals surface area contributed by atoms with E-state index >= 15 is 0 Å². The van der Waals surface area contributed by atoms with E-state index in [2.05, 4.69) is 15.0 Å². The van der Waals surface area contributed by atoms with E-state index in [9.17, 15) is 17.9 Å². The maximum atomic E-state index is 13.1. The molecule has 0 radical (unpaired) electrons. The second-order valence-electron chi connectivity index (χ2n) is 12.1. The topological polar surface area (TPSA) is 201 Å². The molecule has 2 aromatic heterocycles. The highest BCUT2D eigenvalue weighted by atomic mass is 32.2. The quantitative estimate of drug-likeness (QED) is 0.0518. The van der Waals surface area contributed by atoms with Gasteiger partial charge in [-0.15, -0.1) is 11.3 Å². The first-order valence-corrected chi connectivity index (χ1v) is 19.2. The average Bonchev–Trinajstić information content (AvgIpc) is 3.38. The molecular weight excluding hydrogens is 651 g/mol. The van der Waals surface area contributed by atoms with Crippen molar-refractivity contribution in [3.63, 3.8) is 0 Å². The molecule has 6 rings (SSSR count). The lowest BCUT2D eigenvalue weighted by Gasteiger charge is -2.55. The fourth-order valence-corrected chi connectivity index (χ4v) is 10.6. The lowest BCUT2D eigenvalue weighted by Crippen LogP contribution is -2.75. The number of ether oxygens (including phenoxy) is 1. The van der Waals surface area contributed by atoms with Crippen LogP contribution in [0.2, 0.25) is 0 Å². The molecule has 2 bridgehead atoms. The number of piperazine rings is 3. The molecule has 1 unspecified atom stereocenters. The lowest BCUT2D eigenvalue weighted by molar-refractivity contribution is -1.08. The van der Waals surface area contributed by atoms with Gasteiger partial charge in [0.15, 0.2) is 5.96 Å². The van der Waals surface area contributed by atoms with Crippen LogP contribution < -0.4 is 25.0 Å². The molecule has 3 aromatic rings. The Hall–Kier alpha value is -3.29. The van der Waals surface area contributed by atoms with Crippen molar-refractivity contribution in [2.45, 2.75) is 24.0 Å². The van der Waals surface area contributed by atoms with Crippen LogP contribution in [0.3, 0.4) is 0 Å². The smallest absolute Gasteiger partial charge is 0.391 e. The number of nitrogens with zero attached hydrogens (tertiary/aromatic N) is 4. The molecule has 0 spiro atoms. The van der Waals surface area contributed by atoms with E-state index in [1.54, 1.807) is 6.92 Å². The van der Waals surface area contributed by atoms with Crippen LogP contribution in [0.1, 0.15) is 24.1 Å². The molecule has 3 fully saturated rings. The molecule has 0 amide bonds. The molecule has 1 atom stereocenters. The van der Waals surface area contributed by atoms with E-state index in [0.29, 0.717) is 17.9 Å². The number of rotatable bonds is 15. The monoisotopic (exact) mass is 692 g/mol. The third kappa shape index (κ3) is 8.16. The van der Waals surface area contributed by atoms with Gasteiger partial charge < -0.3 is 34.2 Å². The first kappa shape index (κ1) is 34.1. The zero-order valence-electron chi connectivity index (χ0n) is 25.8. The molecule has 0 saturated carbocycles. The molecule has 17 heteroatoms. The Labute approximate surface area is 273 Å². The Morgan fingerprint density at radius 2 is 1.78 bits per heavy atom. The van der Waals surface area contributed by atoms with Gasteiger partial charge in [0.25, 0.3) is 10.0 Å². The Kier molecular flexibility index (Phi) is 10.2. The van der Waals surface area contributed by atoms with Gasteiger partial charge in [0, 0.05) is 29.5 Å². The molecule has 5 heterocycles. The Morgan fingerprint density at radius 3 is 2.39 bits per heavy atom. The molecule has 3 saturated heterocycles. The zero-order chi connectivity index (χ0) is 33.0. The summed E-state index contributed by atoms with van der Waals surface area (Å²) in [5, 5.41) is 19.8. The van der Waals surface area contributed by atoms with Crippen molar-refractivity contribution in [3.05, 3.63) is 47.8 Å². The first-order valence-electron chi connectivity index (χ1n) is 15.1. The number of benzene rings is 1. The highest BCUT2D eigenvalue weighted by molar-refractivity contribution is 7.92. The summed E-state index contributed by atoms with van der Waals surface area (Å²) < 4.78 is 55.3. The number of sulfonamides is 1. The molecular formula is C29H41N8O6PS2+2. The number of fused-ring (bicyclic) bond motifs is 4. The molecule has 1 aromatic carbocycles. The summed E-state index contributed by atoms with van der Waals surface area (Å²) in [6.07, 6.45) is 2.23. The van der Waals surface area contributed by atoms with Crippen molar-refractivity contribution < 1.29 is 36.1 Å². The highest BCUT2D eigenvalue weighted by Gasteiger charge is 2.48. The summed E-state index contributed by atoms with van der Waals surface area (Å²) in [4.78, 5) is 14.0. The molecule has 6 N–H and O–H groups in total. The van der Waals surface area contributed by atoms with Crippen molar-refractivity contribution in [2.24, 2.45) is 5.73 Å². The average molecular weight is 693 g/mol. The SMILES string of the molecule is Cc1c(S(=O)(=O)NCP(=O)(O)Oc2ccc(C#N)nc2)sc2ccc(OCCC[N+]34CC[N+](CCCNC(=N)N)(CC3)CC4)cc12. The number of nitrogens with one attached hydrogen (secondary N) is 3. The van der Waals surface area contributed by atoms with Gasteiger partial charge >= 0.3 is 7.60 Å². The predicted molar refractivity (Wildman–Crippen MR) is 175 cm³/mol. The third-order valence-corrected chi connectivity index (χ3v) is 13.5. The molecule has 0 aliphatic carbocycles. The standard InChI is InChI=1S/C29H40N8O6PS2/c1-22-26-18-24(42-17-3-10-37-14-11-36(12-15-37,13-16-37)9-2-8-33-29(31)32)6-7-27(26)45-28(22)46(40,41)35-21-44(38,39)43-25-5-4-23(19-30)34-20-25/h4-7,18,20,35H,2-3,8-17,21H2,1H3,(H4-,31,32,33,38,39)/q+1/p+1. The van der Waals surface area contributed by atoms with Gasteiger partial charge in [-0.3, -0.25) is 5.41 Å². The summed E-state index contributed by atoms with van der Waals surface area (Å²) in [5.41, 5.74) is 6.04. The normalized spacial score (nSPS) is 22.2. The minimum absolute atomic E-state index is 0.0335. The molecule has 14 nitrogen and oxygen atoms in total. The van der Waals surface area contributed by atoms with E-state index < -0.39 is 23.9 Å². The molecule has 248 valence electrons. The van der Waals surface area contributed by atoms with Crippen LogP contribution in [-0.4, -0.2) is 105 Å². The summed E-state index contributed by atoms with van der Waals surface area (Å²) in [5.74, 6) is 0.645. The predicted octanol–water partition coefficient (Wildman–Crippen LogP) is 2.28. The number of aromatic nitrogens is 1. The maximum Gasteiger partial charge on any atom is 0.391 e. The Balaban J connectivity index is 1.11. The minimum atomic E-state index is -4.40. The van der Waals surface area contributed by atoms with Crippen LogP contribution in [0, 0.1) is 23.7 Å². The van der Waals surface area contributed by atoms with Gasteiger partial charge in [-0.25, -0.2) is 18.0 Å². The van der Waals surface area contributed by atoms with Crippen molar-refractivity contribution >= 4 is 45.0 Å². The van der Waals surface area contributed by atoms with Crippen LogP contribution in [0.25, 0.3) is 10.1 Å². The van der Waals surface area contributed by atoms with Gasteiger partial charge in [0.05, 0.1) is 25.9 Å². The fraction of sp³-hybridized carbons (Fsp3) is 0.483. The minimum Gasteiger partial charge on any atom is -0.493 e. The number of aryl methyl sites for hydroxylation is 1. The van der Waals surface area contributed by atoms with Crippen molar-refractivity contribution in [1.82, 2.24) is 15.0 Å². The van der Waals surface area contributed by atoms with Crippen molar-refractivity contribution in [1.29, 1.82) is 10.7 Å². The summed E-state index contributed by atoms with van der Waals surface area (Å²) >= 11 is 1.08. The third-order valence-electron chi connectivity index (χ3n) is 8.98. The molecule has 46 heavy (non-hydrogen) atoms. The van der Waals surface area contributed by atoms with Gasteiger partial charge in [-0.2, -0.15) is 9.98 Å². The van der Waals surface area contributed by atoms with Crippen LogP contribution in [-0.2, 0) is 14.6 Å². The number of nitrogens with two attached hydrogens (primary N) is 1. The van der Waals surface area contributed by atoms with E-state index in [0.717, 1.165) is 64.6 Å². The number of pyridine rings is 1. The van der Waals surface area contributed by atoms with Crippen LogP contribution in [0.15, 0.2) is 40.7 Å². The molecule has 3 aliphatic heterocycles. The Morgan fingerprint density at radius 1 is 1.13 bits per heavy atom. The first-order chi connectivity index (χ1) is 21.8. The summed E-state index contributed by atoms with van der Waals surface area (Å²) in [6.45, 7) is 12.3. The van der Waals surface area contributed by atoms with E-state index in [1.807, 2.05) is 24.3 Å². The summed E-state index contributed by atoms with van der Waals surface area (Å²) in [7, 11) is -8.52. The van der Waals surface area contributed by atoms with Gasteiger partial charge in [-0.1, -0.05) is 0 Å². The van der Waals surface area contributed by atoms with E-state index in [-0.39, 0.29) is 21.6 Å². The van der Waals surface area contributed by atoms with E-state index in [1.165, 1.54) is 55.9 Å². The number of quaternary nitrogens is 2. The van der Waals surface area contributed by atoms with Gasteiger partial charge in [-0.05, 0) is 42.8 Å². The van der Waals surface area contributed by atoms with Crippen LogP contribution >= 0.6 is 18.9 Å². The van der Waals surface area contributed by atoms with Crippen LogP contribution in [0.4, 0.5) is 0 Å². The number of hydrogen-bond donors (Lipinski definition) is 5. The van der Waals surface area contributed by atoms with Gasteiger partial charge in [0.1, 0.15) is 73.0 Å². The van der Waals surface area contributed by atoms with E-state index in [4.69, 9.17) is 25.7 Å². The second kappa shape index (κ2) is 13.8. The molecule has 3 aliphatic rings. The zero-order valence-corrected chi connectivity index (χ0v) is 28.3. The largest absolute Gasteiger partial charge is 0.493 e. The summed E-state index contributed by atoms with van der Waals surface area (Å²) in [6, 6.07) is 9.99. The fourth-order valence-electron chi connectivity index (χ4n) is 6.30. The maximum absolute atomic E-state index is 13.1.